The lowest BCUT2D eigenvalue weighted by Gasteiger charge is -2.00. The summed E-state index contributed by atoms with van der Waals surface area (Å²) in [5, 5.41) is 0. The fourth-order valence-electron chi connectivity index (χ4n) is 1.77. The van der Waals surface area contributed by atoms with Gasteiger partial charge in [0.2, 0.25) is 0 Å². The second kappa shape index (κ2) is 18.6. The van der Waals surface area contributed by atoms with Gasteiger partial charge in [0.25, 0.3) is 0 Å². The summed E-state index contributed by atoms with van der Waals surface area (Å²) in [6.45, 7) is 7.23. The molecule has 0 aliphatic heterocycles. The molecular formula is C17H34O2S. The minimum Gasteiger partial charge on any atom is -0.466 e. The van der Waals surface area contributed by atoms with Gasteiger partial charge in [0.05, 0.1) is 7.11 Å². The molecule has 120 valence electrons. The highest BCUT2D eigenvalue weighted by Gasteiger charge is 1.95. The van der Waals surface area contributed by atoms with E-state index in [0.717, 1.165) is 5.75 Å². The lowest BCUT2D eigenvalue weighted by Crippen LogP contribution is -1.98. The van der Waals surface area contributed by atoms with Gasteiger partial charge in [0, 0.05) is 5.57 Å². The number of hydrogen-bond donors (Lipinski definition) is 1. The van der Waals surface area contributed by atoms with E-state index in [0.29, 0.717) is 5.57 Å². The fourth-order valence-corrected chi connectivity index (χ4v) is 2.00. The SMILES string of the molecule is C=C(C)C(=O)OC.CCCCCCCCCCCCS. The van der Waals surface area contributed by atoms with E-state index in [4.69, 9.17) is 0 Å². The van der Waals surface area contributed by atoms with Gasteiger partial charge in [0.15, 0.2) is 0 Å². The average molecular weight is 303 g/mol. The van der Waals surface area contributed by atoms with Crippen molar-refractivity contribution < 1.29 is 9.53 Å². The van der Waals surface area contributed by atoms with Crippen LogP contribution in [0.15, 0.2) is 12.2 Å². The smallest absolute Gasteiger partial charge is 0.332 e. The highest BCUT2D eigenvalue weighted by Crippen LogP contribution is 2.10. The number of hydrogen-bond acceptors (Lipinski definition) is 3. The van der Waals surface area contributed by atoms with Gasteiger partial charge < -0.3 is 4.74 Å². The van der Waals surface area contributed by atoms with Crippen LogP contribution < -0.4 is 0 Å². The van der Waals surface area contributed by atoms with E-state index in [9.17, 15) is 4.79 Å². The summed E-state index contributed by atoms with van der Waals surface area (Å²) in [4.78, 5) is 10.2. The Balaban J connectivity index is 0. The zero-order chi connectivity index (χ0) is 15.6. The lowest BCUT2D eigenvalue weighted by atomic mass is 10.1. The second-order valence-electron chi connectivity index (χ2n) is 5.18. The molecule has 0 rings (SSSR count). The number of thiol groups is 1. The number of ether oxygens (including phenoxy) is 1. The summed E-state index contributed by atoms with van der Waals surface area (Å²) >= 11 is 4.20. The first-order valence-electron chi connectivity index (χ1n) is 7.94. The molecule has 0 aromatic heterocycles. The molecule has 2 nitrogen and oxygen atoms in total. The van der Waals surface area contributed by atoms with Crippen molar-refractivity contribution in [1.29, 1.82) is 0 Å². The molecule has 0 bridgehead atoms. The van der Waals surface area contributed by atoms with Crippen molar-refractivity contribution in [2.45, 2.75) is 78.1 Å². The molecule has 0 saturated heterocycles. The summed E-state index contributed by atoms with van der Waals surface area (Å²) in [6.07, 6.45) is 14.2. The minimum absolute atomic E-state index is 0.347. The predicted octanol–water partition coefficient (Wildman–Crippen LogP) is 5.57. The summed E-state index contributed by atoms with van der Waals surface area (Å²) in [7, 11) is 1.33. The highest BCUT2D eigenvalue weighted by atomic mass is 32.1. The molecule has 0 spiro atoms. The maximum absolute atomic E-state index is 10.2. The Bertz CT molecular complexity index is 217. The molecule has 0 unspecified atom stereocenters. The molecule has 0 aliphatic rings. The largest absolute Gasteiger partial charge is 0.466 e. The van der Waals surface area contributed by atoms with E-state index >= 15 is 0 Å². The van der Waals surface area contributed by atoms with Crippen LogP contribution in [0, 0.1) is 0 Å². The van der Waals surface area contributed by atoms with Crippen molar-refractivity contribution >= 4 is 18.6 Å². The molecule has 0 fully saturated rings. The van der Waals surface area contributed by atoms with Crippen molar-refractivity contribution in [3.05, 3.63) is 12.2 Å². The normalized spacial score (nSPS) is 9.60. The molecule has 0 aromatic rings. The van der Waals surface area contributed by atoms with Crippen molar-refractivity contribution in [1.82, 2.24) is 0 Å². The van der Waals surface area contributed by atoms with Crippen LogP contribution in [0.5, 0.6) is 0 Å². The fraction of sp³-hybridized carbons (Fsp3) is 0.824. The topological polar surface area (TPSA) is 26.3 Å². The Labute approximate surface area is 131 Å². The van der Waals surface area contributed by atoms with Crippen LogP contribution in [0.1, 0.15) is 78.1 Å². The van der Waals surface area contributed by atoms with Crippen LogP contribution in [0.25, 0.3) is 0 Å². The number of methoxy groups -OCH3 is 1. The van der Waals surface area contributed by atoms with Gasteiger partial charge in [-0.05, 0) is 19.1 Å². The molecule has 0 radical (unpaired) electrons. The van der Waals surface area contributed by atoms with E-state index in [1.54, 1.807) is 6.92 Å². The Kier molecular flexibility index (Phi) is 20.3. The van der Waals surface area contributed by atoms with Gasteiger partial charge in [-0.15, -0.1) is 0 Å². The second-order valence-corrected chi connectivity index (χ2v) is 5.62. The standard InChI is InChI=1S/C12H26S.C5H8O2/c1-2-3-4-5-6-7-8-9-10-11-12-13;1-4(2)5(6)7-3/h13H,2-12H2,1H3;1H2,2-3H3. The van der Waals surface area contributed by atoms with Gasteiger partial charge in [-0.3, -0.25) is 0 Å². The van der Waals surface area contributed by atoms with E-state index < -0.39 is 0 Å². The van der Waals surface area contributed by atoms with E-state index in [-0.39, 0.29) is 5.97 Å². The molecule has 0 heterocycles. The van der Waals surface area contributed by atoms with E-state index in [1.165, 1.54) is 71.3 Å². The summed E-state index contributed by atoms with van der Waals surface area (Å²) in [5.41, 5.74) is 0.433. The van der Waals surface area contributed by atoms with Crippen molar-refractivity contribution in [2.75, 3.05) is 12.9 Å². The zero-order valence-electron chi connectivity index (χ0n) is 13.7. The maximum atomic E-state index is 10.2. The van der Waals surface area contributed by atoms with Crippen LogP contribution in [-0.4, -0.2) is 18.8 Å². The summed E-state index contributed by atoms with van der Waals surface area (Å²) < 4.78 is 4.27. The van der Waals surface area contributed by atoms with E-state index in [1.807, 2.05) is 0 Å². The van der Waals surface area contributed by atoms with Crippen LogP contribution in [-0.2, 0) is 9.53 Å². The number of carbonyl (C=O) groups is 1. The number of carbonyl (C=O) groups excluding carboxylic acids is 1. The Hall–Kier alpha value is -0.440. The van der Waals surface area contributed by atoms with Crippen LogP contribution in [0.3, 0.4) is 0 Å². The first-order valence-corrected chi connectivity index (χ1v) is 8.58. The first-order chi connectivity index (χ1) is 9.59. The Morgan fingerprint density at radius 2 is 1.35 bits per heavy atom. The van der Waals surface area contributed by atoms with Crippen molar-refractivity contribution in [3.63, 3.8) is 0 Å². The van der Waals surface area contributed by atoms with Gasteiger partial charge in [-0.25, -0.2) is 4.79 Å². The van der Waals surface area contributed by atoms with Gasteiger partial charge in [-0.2, -0.15) is 12.6 Å². The third-order valence-corrected chi connectivity index (χ3v) is 3.36. The molecule has 0 N–H and O–H groups in total. The Morgan fingerprint density at radius 3 is 1.60 bits per heavy atom. The first kappa shape index (κ1) is 21.9. The molecule has 20 heavy (non-hydrogen) atoms. The van der Waals surface area contributed by atoms with Crippen LogP contribution in [0.2, 0.25) is 0 Å². The zero-order valence-corrected chi connectivity index (χ0v) is 14.6. The molecule has 0 aromatic carbocycles. The monoisotopic (exact) mass is 302 g/mol. The third-order valence-electron chi connectivity index (χ3n) is 3.05. The number of rotatable bonds is 11. The van der Waals surface area contributed by atoms with Crippen LogP contribution >= 0.6 is 12.6 Å². The molecule has 0 saturated carbocycles. The maximum Gasteiger partial charge on any atom is 0.332 e. The molecular weight excluding hydrogens is 268 g/mol. The predicted molar refractivity (Wildman–Crippen MR) is 92.5 cm³/mol. The third kappa shape index (κ3) is 19.9. The summed E-state index contributed by atoms with van der Waals surface area (Å²) in [6, 6.07) is 0. The van der Waals surface area contributed by atoms with Crippen molar-refractivity contribution in [3.8, 4) is 0 Å². The van der Waals surface area contributed by atoms with Crippen LogP contribution in [0.4, 0.5) is 0 Å². The molecule has 0 aliphatic carbocycles. The number of unbranched alkanes of at least 4 members (excludes halogenated alkanes) is 9. The average Bonchev–Trinajstić information content (AvgIpc) is 2.45. The van der Waals surface area contributed by atoms with E-state index in [2.05, 4.69) is 30.9 Å². The lowest BCUT2D eigenvalue weighted by molar-refractivity contribution is -0.136. The van der Waals surface area contributed by atoms with Crippen molar-refractivity contribution in [2.24, 2.45) is 0 Å². The minimum atomic E-state index is -0.347. The molecule has 0 atom stereocenters. The number of esters is 1. The Morgan fingerprint density at radius 1 is 0.950 bits per heavy atom. The molecule has 3 heteroatoms. The quantitative estimate of drug-likeness (QED) is 0.234. The van der Waals surface area contributed by atoms with Gasteiger partial charge in [-0.1, -0.05) is 71.3 Å². The van der Waals surface area contributed by atoms with Gasteiger partial charge >= 0.3 is 5.97 Å². The van der Waals surface area contributed by atoms with Gasteiger partial charge in [0.1, 0.15) is 0 Å². The molecule has 0 amide bonds. The highest BCUT2D eigenvalue weighted by molar-refractivity contribution is 7.80. The summed E-state index contributed by atoms with van der Waals surface area (Å²) in [5.74, 6) is 0.719.